The summed E-state index contributed by atoms with van der Waals surface area (Å²) in [5, 5.41) is 2.00. The topological polar surface area (TPSA) is 81.6 Å². The van der Waals surface area contributed by atoms with Crippen LogP contribution in [0.25, 0.3) is 33.2 Å². The molecule has 5 rings (SSSR count). The number of H-pyrrole nitrogens is 1. The lowest BCUT2D eigenvalue weighted by Gasteiger charge is -2.27. The summed E-state index contributed by atoms with van der Waals surface area (Å²) >= 11 is 0. The molecule has 1 aliphatic rings. The molecule has 8 heteroatoms. The molecule has 4 aromatic rings. The fourth-order valence-electron chi connectivity index (χ4n) is 4.12. The van der Waals surface area contributed by atoms with E-state index in [0.29, 0.717) is 37.8 Å². The Morgan fingerprint density at radius 1 is 1.16 bits per heavy atom. The number of hydrogen-bond donors (Lipinski definition) is 1. The zero-order valence-electron chi connectivity index (χ0n) is 17.6. The van der Waals surface area contributed by atoms with Crippen LogP contribution in [0.1, 0.15) is 0 Å². The molecule has 1 fully saturated rings. The molecule has 1 saturated heterocycles. The van der Waals surface area contributed by atoms with Crippen LogP contribution < -0.4 is 9.47 Å². The largest absolute Gasteiger partial charge is 0.493 e. The first-order valence-electron chi connectivity index (χ1n) is 10.2. The first kappa shape index (κ1) is 19.4. The maximum atomic E-state index is 13.0. The summed E-state index contributed by atoms with van der Waals surface area (Å²) in [4.78, 5) is 22.6. The average molecular weight is 420 g/mol. The third-order valence-corrected chi connectivity index (χ3v) is 5.74. The maximum Gasteiger partial charge on any atom is 0.242 e. The molecular weight excluding hydrogens is 396 g/mol. The summed E-state index contributed by atoms with van der Waals surface area (Å²) in [6.45, 7) is 2.64. The van der Waals surface area contributed by atoms with Crippen LogP contribution in [0.2, 0.25) is 0 Å². The van der Waals surface area contributed by atoms with E-state index in [4.69, 9.17) is 14.2 Å². The van der Waals surface area contributed by atoms with Gasteiger partial charge in [-0.2, -0.15) is 0 Å². The SMILES string of the molecule is COc1cc2c(-c3cc4cccnc4[nH]3)cn(CC(=O)N3CCOCC3)c2cc1OC. The quantitative estimate of drug-likeness (QED) is 0.537. The number of ether oxygens (including phenoxy) is 3. The van der Waals surface area contributed by atoms with E-state index in [0.717, 1.165) is 33.2 Å². The molecule has 0 radical (unpaired) electrons. The summed E-state index contributed by atoms with van der Waals surface area (Å²) in [6, 6.07) is 9.89. The number of carbonyl (C=O) groups excluding carboxylic acids is 1. The van der Waals surface area contributed by atoms with Crippen molar-refractivity contribution in [2.24, 2.45) is 0 Å². The van der Waals surface area contributed by atoms with E-state index in [9.17, 15) is 4.79 Å². The van der Waals surface area contributed by atoms with Gasteiger partial charge < -0.3 is 28.7 Å². The van der Waals surface area contributed by atoms with Gasteiger partial charge in [0.05, 0.1) is 33.0 Å². The van der Waals surface area contributed by atoms with Gasteiger partial charge in [-0.25, -0.2) is 4.98 Å². The van der Waals surface area contributed by atoms with Crippen LogP contribution in [-0.2, 0) is 16.1 Å². The van der Waals surface area contributed by atoms with Gasteiger partial charge >= 0.3 is 0 Å². The van der Waals surface area contributed by atoms with E-state index in [1.54, 1.807) is 20.4 Å². The van der Waals surface area contributed by atoms with Crippen molar-refractivity contribution in [2.45, 2.75) is 6.54 Å². The highest BCUT2D eigenvalue weighted by atomic mass is 16.5. The van der Waals surface area contributed by atoms with Crippen LogP contribution in [0.3, 0.4) is 0 Å². The number of aromatic nitrogens is 3. The van der Waals surface area contributed by atoms with Gasteiger partial charge in [-0.05, 0) is 24.3 Å². The third kappa shape index (κ3) is 3.48. The summed E-state index contributed by atoms with van der Waals surface area (Å²) < 4.78 is 18.4. The molecule has 0 atom stereocenters. The molecule has 0 spiro atoms. The number of rotatable bonds is 5. The Hall–Kier alpha value is -3.52. The number of benzene rings is 1. The van der Waals surface area contributed by atoms with Gasteiger partial charge in [-0.1, -0.05) is 0 Å². The number of hydrogen-bond acceptors (Lipinski definition) is 5. The monoisotopic (exact) mass is 420 g/mol. The Bertz CT molecular complexity index is 1220. The number of pyridine rings is 1. The second kappa shape index (κ2) is 7.96. The molecule has 3 aromatic heterocycles. The number of methoxy groups -OCH3 is 2. The molecule has 0 aliphatic carbocycles. The number of amides is 1. The zero-order valence-corrected chi connectivity index (χ0v) is 17.6. The van der Waals surface area contributed by atoms with Gasteiger partial charge in [-0.15, -0.1) is 0 Å². The highest BCUT2D eigenvalue weighted by molar-refractivity contribution is 6.00. The molecule has 4 heterocycles. The standard InChI is InChI=1S/C23H24N4O4/c1-29-20-11-16-17(18-10-15-4-3-5-24-23(15)25-18)13-27(19(16)12-21(20)30-2)14-22(28)26-6-8-31-9-7-26/h3-5,10-13H,6-9,14H2,1-2H3,(H,24,25). The predicted octanol–water partition coefficient (Wildman–Crippen LogP) is 3.06. The molecule has 0 saturated carbocycles. The van der Waals surface area contributed by atoms with E-state index < -0.39 is 0 Å². The van der Waals surface area contributed by atoms with Crippen molar-refractivity contribution in [2.75, 3.05) is 40.5 Å². The average Bonchev–Trinajstić information content (AvgIpc) is 3.39. The van der Waals surface area contributed by atoms with Crippen LogP contribution in [-0.4, -0.2) is 65.9 Å². The molecule has 160 valence electrons. The molecular formula is C23H24N4O4. The Balaban J connectivity index is 1.63. The van der Waals surface area contributed by atoms with Crippen molar-refractivity contribution in [1.82, 2.24) is 19.4 Å². The third-order valence-electron chi connectivity index (χ3n) is 5.74. The van der Waals surface area contributed by atoms with Crippen LogP contribution in [0.15, 0.2) is 42.7 Å². The molecule has 1 N–H and O–H groups in total. The van der Waals surface area contributed by atoms with Gasteiger partial charge in [0.15, 0.2) is 11.5 Å². The molecule has 0 unspecified atom stereocenters. The molecule has 1 aliphatic heterocycles. The van der Waals surface area contributed by atoms with Gasteiger partial charge in [0, 0.05) is 53.6 Å². The van der Waals surface area contributed by atoms with Crippen molar-refractivity contribution in [3.8, 4) is 22.8 Å². The van der Waals surface area contributed by atoms with Gasteiger partial charge in [-0.3, -0.25) is 4.79 Å². The Morgan fingerprint density at radius 3 is 2.68 bits per heavy atom. The lowest BCUT2D eigenvalue weighted by molar-refractivity contribution is -0.135. The smallest absolute Gasteiger partial charge is 0.242 e. The molecule has 31 heavy (non-hydrogen) atoms. The first-order valence-corrected chi connectivity index (χ1v) is 10.2. The number of morpholine rings is 1. The second-order valence-corrected chi connectivity index (χ2v) is 7.51. The van der Waals surface area contributed by atoms with E-state index >= 15 is 0 Å². The van der Waals surface area contributed by atoms with Crippen molar-refractivity contribution in [3.05, 3.63) is 42.7 Å². The second-order valence-electron chi connectivity index (χ2n) is 7.51. The van der Waals surface area contributed by atoms with Crippen molar-refractivity contribution < 1.29 is 19.0 Å². The van der Waals surface area contributed by atoms with Crippen molar-refractivity contribution in [3.63, 3.8) is 0 Å². The summed E-state index contributed by atoms with van der Waals surface area (Å²) in [7, 11) is 3.23. The van der Waals surface area contributed by atoms with Crippen molar-refractivity contribution >= 4 is 27.8 Å². The van der Waals surface area contributed by atoms with E-state index in [-0.39, 0.29) is 12.5 Å². The van der Waals surface area contributed by atoms with Crippen molar-refractivity contribution in [1.29, 1.82) is 0 Å². The fourth-order valence-corrected chi connectivity index (χ4v) is 4.12. The van der Waals surface area contributed by atoms with Gasteiger partial charge in [0.25, 0.3) is 0 Å². The summed E-state index contributed by atoms with van der Waals surface area (Å²) in [5.74, 6) is 1.33. The van der Waals surface area contributed by atoms with Gasteiger partial charge in [0.1, 0.15) is 12.2 Å². The number of aromatic amines is 1. The molecule has 0 bridgehead atoms. The van der Waals surface area contributed by atoms with Crippen LogP contribution >= 0.6 is 0 Å². The molecule has 1 amide bonds. The minimum Gasteiger partial charge on any atom is -0.493 e. The van der Waals surface area contributed by atoms with E-state index in [1.165, 1.54) is 0 Å². The Labute approximate surface area is 179 Å². The van der Waals surface area contributed by atoms with E-state index in [1.807, 2.05) is 39.9 Å². The predicted molar refractivity (Wildman–Crippen MR) is 118 cm³/mol. The highest BCUT2D eigenvalue weighted by Crippen LogP contribution is 2.38. The summed E-state index contributed by atoms with van der Waals surface area (Å²) in [6.07, 6.45) is 3.77. The number of nitrogens with zero attached hydrogens (tertiary/aromatic N) is 3. The zero-order chi connectivity index (χ0) is 21.4. The number of nitrogens with one attached hydrogen (secondary N) is 1. The Kier molecular flexibility index (Phi) is 4.99. The maximum absolute atomic E-state index is 13.0. The normalized spacial score (nSPS) is 14.3. The minimum atomic E-state index is 0.0693. The summed E-state index contributed by atoms with van der Waals surface area (Å²) in [5.41, 5.74) is 3.64. The van der Waals surface area contributed by atoms with E-state index in [2.05, 4.69) is 16.0 Å². The van der Waals surface area contributed by atoms with Crippen LogP contribution in [0.4, 0.5) is 0 Å². The lowest BCUT2D eigenvalue weighted by atomic mass is 10.1. The highest BCUT2D eigenvalue weighted by Gasteiger charge is 2.21. The lowest BCUT2D eigenvalue weighted by Crippen LogP contribution is -2.42. The number of carbonyl (C=O) groups is 1. The molecule has 1 aromatic carbocycles. The van der Waals surface area contributed by atoms with Crippen LogP contribution in [0, 0.1) is 0 Å². The fraction of sp³-hybridized carbons (Fsp3) is 0.304. The first-order chi connectivity index (χ1) is 15.2. The number of fused-ring (bicyclic) bond motifs is 2. The minimum absolute atomic E-state index is 0.0693. The van der Waals surface area contributed by atoms with Gasteiger partial charge in [0.2, 0.25) is 5.91 Å². The Morgan fingerprint density at radius 2 is 1.94 bits per heavy atom. The molecule has 8 nitrogen and oxygen atoms in total. The van der Waals surface area contributed by atoms with Crippen LogP contribution in [0.5, 0.6) is 11.5 Å².